The number of anilines is 1. The topological polar surface area (TPSA) is 93.4 Å². The Bertz CT molecular complexity index is 760. The van der Waals surface area contributed by atoms with Gasteiger partial charge in [-0.05, 0) is 29.8 Å². The lowest BCUT2D eigenvalue weighted by Crippen LogP contribution is -2.65. The molecule has 1 heterocycles. The Balaban J connectivity index is 1.87. The molecule has 27 heavy (non-hydrogen) atoms. The van der Waals surface area contributed by atoms with Crippen molar-refractivity contribution in [3.63, 3.8) is 0 Å². The highest BCUT2D eigenvalue weighted by Gasteiger charge is 2.54. The molecular weight excluding hydrogens is 367 g/mol. The van der Waals surface area contributed by atoms with E-state index in [2.05, 4.69) is 4.74 Å². The van der Waals surface area contributed by atoms with Crippen molar-refractivity contribution in [2.75, 3.05) is 18.0 Å². The number of benzene rings is 2. The molecule has 1 aliphatic rings. The molecule has 0 radical (unpaired) electrons. The molecule has 3 rings (SSSR count). The number of halogens is 3. The maximum atomic E-state index is 12.3. The van der Waals surface area contributed by atoms with E-state index in [4.69, 9.17) is 0 Å². The van der Waals surface area contributed by atoms with Crippen LogP contribution in [-0.4, -0.2) is 51.5 Å². The van der Waals surface area contributed by atoms with Gasteiger partial charge in [0.05, 0.1) is 19.0 Å². The van der Waals surface area contributed by atoms with Crippen LogP contribution in [0.3, 0.4) is 0 Å². The van der Waals surface area contributed by atoms with Crippen molar-refractivity contribution in [3.05, 3.63) is 60.2 Å². The molecule has 0 amide bonds. The smallest absolute Gasteiger partial charge is 0.406 e. The molecule has 9 heteroatoms. The SMILES string of the molecule is OC1(O)CN(c2ccccc2)CC(O)(O)C1c1ccc(OC(F)(F)F)cc1. The molecule has 0 saturated carbocycles. The van der Waals surface area contributed by atoms with Gasteiger partial charge in [0.1, 0.15) is 5.75 Å². The fourth-order valence-electron chi connectivity index (χ4n) is 3.39. The Morgan fingerprint density at radius 2 is 1.37 bits per heavy atom. The molecular formula is C18H18F3NO5. The van der Waals surface area contributed by atoms with Gasteiger partial charge in [-0.3, -0.25) is 0 Å². The lowest BCUT2D eigenvalue weighted by Gasteiger charge is -2.49. The first-order valence-corrected chi connectivity index (χ1v) is 8.03. The summed E-state index contributed by atoms with van der Waals surface area (Å²) in [7, 11) is 0. The van der Waals surface area contributed by atoms with Gasteiger partial charge >= 0.3 is 6.36 Å². The van der Waals surface area contributed by atoms with E-state index >= 15 is 0 Å². The Hall–Kier alpha value is -2.33. The molecule has 0 aromatic heterocycles. The molecule has 2 aromatic rings. The van der Waals surface area contributed by atoms with Gasteiger partial charge in [0.25, 0.3) is 0 Å². The summed E-state index contributed by atoms with van der Waals surface area (Å²) < 4.78 is 40.5. The summed E-state index contributed by atoms with van der Waals surface area (Å²) in [6.07, 6.45) is -4.86. The summed E-state index contributed by atoms with van der Waals surface area (Å²) in [6.45, 7) is -0.656. The van der Waals surface area contributed by atoms with Crippen molar-refractivity contribution in [2.45, 2.75) is 23.9 Å². The van der Waals surface area contributed by atoms with Crippen LogP contribution in [0.2, 0.25) is 0 Å². The molecule has 0 bridgehead atoms. The van der Waals surface area contributed by atoms with Gasteiger partial charge in [0.2, 0.25) is 0 Å². The second kappa shape index (κ2) is 6.68. The average molecular weight is 385 g/mol. The van der Waals surface area contributed by atoms with Gasteiger partial charge in [0, 0.05) is 5.69 Å². The molecule has 0 spiro atoms. The molecule has 0 unspecified atom stereocenters. The van der Waals surface area contributed by atoms with Gasteiger partial charge in [0.15, 0.2) is 11.6 Å². The first-order chi connectivity index (χ1) is 12.5. The summed E-state index contributed by atoms with van der Waals surface area (Å²) in [4.78, 5) is 1.40. The van der Waals surface area contributed by atoms with Crippen molar-refractivity contribution in [3.8, 4) is 5.75 Å². The zero-order valence-corrected chi connectivity index (χ0v) is 14.0. The Morgan fingerprint density at radius 1 is 0.852 bits per heavy atom. The van der Waals surface area contributed by atoms with Gasteiger partial charge in [-0.25, -0.2) is 0 Å². The minimum absolute atomic E-state index is 0.0484. The number of hydrogen-bond donors (Lipinski definition) is 4. The lowest BCUT2D eigenvalue weighted by molar-refractivity contribution is -0.281. The van der Waals surface area contributed by atoms with E-state index in [1.807, 2.05) is 0 Å². The summed E-state index contributed by atoms with van der Waals surface area (Å²) in [5, 5.41) is 42.0. The number of hydrogen-bond acceptors (Lipinski definition) is 6. The molecule has 0 aliphatic carbocycles. The maximum Gasteiger partial charge on any atom is 0.573 e. The Morgan fingerprint density at radius 3 is 1.85 bits per heavy atom. The fourth-order valence-corrected chi connectivity index (χ4v) is 3.39. The largest absolute Gasteiger partial charge is 0.573 e. The number of para-hydroxylation sites is 1. The van der Waals surface area contributed by atoms with Crippen LogP contribution in [0.4, 0.5) is 18.9 Å². The van der Waals surface area contributed by atoms with Crippen molar-refractivity contribution in [2.24, 2.45) is 0 Å². The number of nitrogens with zero attached hydrogens (tertiary/aromatic N) is 1. The predicted molar refractivity (Wildman–Crippen MR) is 88.9 cm³/mol. The number of alkyl halides is 3. The molecule has 4 N–H and O–H groups in total. The van der Waals surface area contributed by atoms with Crippen LogP contribution >= 0.6 is 0 Å². The van der Waals surface area contributed by atoms with Crippen LogP contribution in [0.1, 0.15) is 11.5 Å². The summed E-state index contributed by atoms with van der Waals surface area (Å²) in [5.41, 5.74) is 0.608. The van der Waals surface area contributed by atoms with Crippen LogP contribution in [0.25, 0.3) is 0 Å². The quantitative estimate of drug-likeness (QED) is 0.599. The highest BCUT2D eigenvalue weighted by Crippen LogP contribution is 2.41. The van der Waals surface area contributed by atoms with Gasteiger partial charge in [-0.15, -0.1) is 13.2 Å². The van der Waals surface area contributed by atoms with Crippen LogP contribution in [-0.2, 0) is 0 Å². The summed E-state index contributed by atoms with van der Waals surface area (Å²) >= 11 is 0. The second-order valence-electron chi connectivity index (χ2n) is 6.50. The molecule has 146 valence electrons. The summed E-state index contributed by atoms with van der Waals surface area (Å²) in [6, 6.07) is 12.7. The van der Waals surface area contributed by atoms with E-state index < -0.39 is 29.6 Å². The van der Waals surface area contributed by atoms with Gasteiger partial charge in [-0.1, -0.05) is 30.3 Å². The van der Waals surface area contributed by atoms with Crippen molar-refractivity contribution >= 4 is 5.69 Å². The normalized spacial score (nSPS) is 19.7. The van der Waals surface area contributed by atoms with E-state index in [-0.39, 0.29) is 18.7 Å². The van der Waals surface area contributed by atoms with E-state index in [9.17, 15) is 33.6 Å². The fraction of sp³-hybridized carbons (Fsp3) is 0.333. The highest BCUT2D eigenvalue weighted by atomic mass is 19.4. The van der Waals surface area contributed by atoms with Crippen LogP contribution in [0, 0.1) is 0 Å². The van der Waals surface area contributed by atoms with Crippen LogP contribution in [0.15, 0.2) is 54.6 Å². The Kier molecular flexibility index (Phi) is 4.81. The molecule has 1 aliphatic heterocycles. The molecule has 6 nitrogen and oxygen atoms in total. The summed E-state index contributed by atoms with van der Waals surface area (Å²) in [5.74, 6) is -7.17. The molecule has 1 saturated heterocycles. The van der Waals surface area contributed by atoms with E-state index in [1.165, 1.54) is 4.90 Å². The Labute approximate surface area is 152 Å². The van der Waals surface area contributed by atoms with Gasteiger partial charge in [-0.2, -0.15) is 0 Å². The number of piperidine rings is 1. The maximum absolute atomic E-state index is 12.3. The molecule has 0 atom stereocenters. The third-order valence-electron chi connectivity index (χ3n) is 4.34. The second-order valence-corrected chi connectivity index (χ2v) is 6.50. The third-order valence-corrected chi connectivity index (χ3v) is 4.34. The minimum Gasteiger partial charge on any atom is -0.406 e. The number of aliphatic hydroxyl groups is 4. The zero-order chi connectivity index (χ0) is 19.9. The number of rotatable bonds is 3. The van der Waals surface area contributed by atoms with Crippen molar-refractivity contribution in [1.29, 1.82) is 0 Å². The predicted octanol–water partition coefficient (Wildman–Crippen LogP) is 1.55. The van der Waals surface area contributed by atoms with Crippen molar-refractivity contribution < 1.29 is 38.3 Å². The number of ether oxygens (including phenoxy) is 1. The van der Waals surface area contributed by atoms with E-state index in [0.29, 0.717) is 5.69 Å². The standard InChI is InChI=1S/C18H18F3NO5/c19-18(20,21)27-14-8-6-12(7-9-14)15-16(23,24)10-22(11-17(15,25)26)13-4-2-1-3-5-13/h1-9,15,23-26H,10-11H2. The average Bonchev–Trinajstić information content (AvgIpc) is 2.54. The van der Waals surface area contributed by atoms with E-state index in [1.54, 1.807) is 30.3 Å². The third kappa shape index (κ3) is 4.33. The first-order valence-electron chi connectivity index (χ1n) is 8.03. The van der Waals surface area contributed by atoms with Gasteiger partial charge < -0.3 is 30.1 Å². The first kappa shape index (κ1) is 19.4. The minimum atomic E-state index is -4.86. The monoisotopic (exact) mass is 385 g/mol. The lowest BCUT2D eigenvalue weighted by atomic mass is 9.79. The molecule has 2 aromatic carbocycles. The van der Waals surface area contributed by atoms with Crippen LogP contribution in [0.5, 0.6) is 5.75 Å². The highest BCUT2D eigenvalue weighted by molar-refractivity contribution is 5.48. The molecule has 1 fully saturated rings. The van der Waals surface area contributed by atoms with Crippen LogP contribution < -0.4 is 9.64 Å². The van der Waals surface area contributed by atoms with Crippen molar-refractivity contribution in [1.82, 2.24) is 0 Å². The zero-order valence-electron chi connectivity index (χ0n) is 14.0. The number of β-amino-alcohol motifs (C(OH)–C–C–N with tert-alkyl or cyclic N) is 4. The van der Waals surface area contributed by atoms with E-state index in [0.717, 1.165) is 24.3 Å².